The number of methoxy groups -OCH3 is 1. The summed E-state index contributed by atoms with van der Waals surface area (Å²) in [7, 11) is 1.10. The number of rotatable bonds is 5. The number of carbonyl (C=O) groups excluding carboxylic acids is 2. The lowest BCUT2D eigenvalue weighted by molar-refractivity contribution is -0.146. The zero-order valence-corrected chi connectivity index (χ0v) is 7.15. The Morgan fingerprint density at radius 3 is 2.31 bits per heavy atom. The van der Waals surface area contributed by atoms with Gasteiger partial charge in [-0.3, -0.25) is 9.59 Å². The van der Waals surface area contributed by atoms with E-state index in [0.29, 0.717) is 0 Å². The summed E-state index contributed by atoms with van der Waals surface area (Å²) in [5.41, 5.74) is 5.14. The minimum Gasteiger partial charge on any atom is -0.481 e. The monoisotopic (exact) mass is 189 g/mol. The number of hydrogen-bond acceptors (Lipinski definition) is 5. The molecule has 0 radical (unpaired) electrons. The Hall–Kier alpha value is -1.43. The number of Topliss-reactive ketones (excluding diaryl/α,β-unsaturated/α-hetero) is 1. The molecule has 0 rings (SSSR count). The third-order valence-corrected chi connectivity index (χ3v) is 1.39. The minimum absolute atomic E-state index is 0.258. The number of aliphatic carboxylic acids is 1. The van der Waals surface area contributed by atoms with Crippen molar-refractivity contribution in [2.45, 2.75) is 18.9 Å². The molecule has 1 unspecified atom stereocenters. The van der Waals surface area contributed by atoms with Crippen LogP contribution in [0.5, 0.6) is 0 Å². The predicted octanol–water partition coefficient (Wildman–Crippen LogP) is -1.08. The van der Waals surface area contributed by atoms with E-state index < -0.39 is 23.8 Å². The first-order valence-electron chi connectivity index (χ1n) is 3.57. The number of carbonyl (C=O) groups is 3. The normalized spacial score (nSPS) is 11.8. The van der Waals surface area contributed by atoms with Crippen LogP contribution in [0.2, 0.25) is 0 Å². The second-order valence-electron chi connectivity index (χ2n) is 2.36. The van der Waals surface area contributed by atoms with Gasteiger partial charge < -0.3 is 15.6 Å². The van der Waals surface area contributed by atoms with E-state index in [9.17, 15) is 14.4 Å². The quantitative estimate of drug-likeness (QED) is 0.421. The predicted molar refractivity (Wildman–Crippen MR) is 41.9 cm³/mol. The van der Waals surface area contributed by atoms with Gasteiger partial charge >= 0.3 is 11.9 Å². The summed E-state index contributed by atoms with van der Waals surface area (Å²) in [6.45, 7) is 0. The summed E-state index contributed by atoms with van der Waals surface area (Å²) in [6, 6.07) is -1.37. The van der Waals surface area contributed by atoms with E-state index in [2.05, 4.69) is 4.74 Å². The highest BCUT2D eigenvalue weighted by atomic mass is 16.5. The zero-order chi connectivity index (χ0) is 10.4. The molecule has 0 aliphatic carbocycles. The third-order valence-electron chi connectivity index (χ3n) is 1.39. The first kappa shape index (κ1) is 11.6. The fourth-order valence-electron chi connectivity index (χ4n) is 0.644. The molecule has 3 N–H and O–H groups in total. The van der Waals surface area contributed by atoms with Crippen molar-refractivity contribution >= 4 is 17.7 Å². The molecule has 6 nitrogen and oxygen atoms in total. The Kier molecular flexibility index (Phi) is 4.68. The van der Waals surface area contributed by atoms with E-state index in [-0.39, 0.29) is 12.8 Å². The van der Waals surface area contributed by atoms with Crippen LogP contribution in [0.25, 0.3) is 0 Å². The van der Waals surface area contributed by atoms with Gasteiger partial charge in [0.25, 0.3) is 0 Å². The number of carboxylic acids is 1. The van der Waals surface area contributed by atoms with Crippen molar-refractivity contribution in [3.05, 3.63) is 0 Å². The Morgan fingerprint density at radius 2 is 1.92 bits per heavy atom. The van der Waals surface area contributed by atoms with Gasteiger partial charge in [0.15, 0.2) is 11.8 Å². The van der Waals surface area contributed by atoms with E-state index in [1.54, 1.807) is 0 Å². The Bertz CT molecular complexity index is 225. The first-order chi connectivity index (χ1) is 5.99. The summed E-state index contributed by atoms with van der Waals surface area (Å²) >= 11 is 0. The van der Waals surface area contributed by atoms with Crippen molar-refractivity contribution in [2.75, 3.05) is 7.11 Å². The molecule has 0 spiro atoms. The van der Waals surface area contributed by atoms with Gasteiger partial charge in [-0.05, 0) is 0 Å². The van der Waals surface area contributed by atoms with Gasteiger partial charge in [-0.15, -0.1) is 0 Å². The Labute approximate surface area is 74.7 Å². The summed E-state index contributed by atoms with van der Waals surface area (Å²) in [5.74, 6) is -2.59. The van der Waals surface area contributed by atoms with Crippen LogP contribution in [0, 0.1) is 0 Å². The fraction of sp³-hybridized carbons (Fsp3) is 0.571. The molecule has 6 heteroatoms. The average molecular weight is 189 g/mol. The lowest BCUT2D eigenvalue weighted by Crippen LogP contribution is -2.39. The van der Waals surface area contributed by atoms with Crippen LogP contribution in [0.15, 0.2) is 0 Å². The molecule has 0 heterocycles. The van der Waals surface area contributed by atoms with Crippen molar-refractivity contribution in [3.8, 4) is 0 Å². The van der Waals surface area contributed by atoms with Crippen LogP contribution in [-0.4, -0.2) is 36.0 Å². The molecule has 13 heavy (non-hydrogen) atoms. The van der Waals surface area contributed by atoms with Gasteiger partial charge in [-0.25, -0.2) is 4.79 Å². The highest BCUT2D eigenvalue weighted by Gasteiger charge is 2.22. The van der Waals surface area contributed by atoms with Gasteiger partial charge in [0.1, 0.15) is 0 Å². The fourth-order valence-corrected chi connectivity index (χ4v) is 0.644. The number of esters is 1. The number of nitrogens with two attached hydrogens (primary N) is 1. The molecular formula is C7H11NO5. The maximum atomic E-state index is 11.0. The Morgan fingerprint density at radius 1 is 1.38 bits per heavy atom. The van der Waals surface area contributed by atoms with Crippen LogP contribution < -0.4 is 5.73 Å². The maximum absolute atomic E-state index is 11.0. The standard InChI is InChI=1S/C7H11NO5/c1-13-7(12)6(8)4(9)2-3-5(10)11/h6H,2-3,8H2,1H3,(H,10,11). The SMILES string of the molecule is COC(=O)C(N)C(=O)CCC(=O)O. The largest absolute Gasteiger partial charge is 0.481 e. The summed E-state index contributed by atoms with van der Waals surface area (Å²) < 4.78 is 4.21. The van der Waals surface area contributed by atoms with E-state index in [1.807, 2.05) is 0 Å². The molecule has 0 aromatic rings. The van der Waals surface area contributed by atoms with Gasteiger partial charge in [0, 0.05) is 6.42 Å². The zero-order valence-electron chi connectivity index (χ0n) is 7.15. The molecule has 0 aliphatic rings. The molecule has 0 bridgehead atoms. The number of ketones is 1. The molecule has 0 aromatic carbocycles. The van der Waals surface area contributed by atoms with Crippen molar-refractivity contribution < 1.29 is 24.2 Å². The van der Waals surface area contributed by atoms with Gasteiger partial charge in [0.2, 0.25) is 0 Å². The maximum Gasteiger partial charge on any atom is 0.330 e. The van der Waals surface area contributed by atoms with Crippen molar-refractivity contribution in [1.29, 1.82) is 0 Å². The Balaban J connectivity index is 3.96. The van der Waals surface area contributed by atoms with E-state index in [4.69, 9.17) is 10.8 Å². The average Bonchev–Trinajstić information content (AvgIpc) is 2.11. The number of hydrogen-bond donors (Lipinski definition) is 2. The lowest BCUT2D eigenvalue weighted by atomic mass is 10.1. The lowest BCUT2D eigenvalue weighted by Gasteiger charge is -2.06. The second kappa shape index (κ2) is 5.26. The van der Waals surface area contributed by atoms with Crippen LogP contribution in [0.1, 0.15) is 12.8 Å². The van der Waals surface area contributed by atoms with E-state index in [0.717, 1.165) is 7.11 Å². The van der Waals surface area contributed by atoms with Gasteiger partial charge in [0.05, 0.1) is 13.5 Å². The highest BCUT2D eigenvalue weighted by Crippen LogP contribution is 1.96. The number of ether oxygens (including phenoxy) is 1. The molecule has 0 aromatic heterocycles. The van der Waals surface area contributed by atoms with Gasteiger partial charge in [-0.2, -0.15) is 0 Å². The van der Waals surface area contributed by atoms with Crippen LogP contribution in [0.4, 0.5) is 0 Å². The van der Waals surface area contributed by atoms with E-state index >= 15 is 0 Å². The molecule has 0 saturated heterocycles. The van der Waals surface area contributed by atoms with Gasteiger partial charge in [-0.1, -0.05) is 0 Å². The van der Waals surface area contributed by atoms with Crippen LogP contribution in [-0.2, 0) is 19.1 Å². The summed E-state index contributed by atoms with van der Waals surface area (Å²) in [4.78, 5) is 31.7. The molecule has 0 fully saturated rings. The molecule has 1 atom stereocenters. The molecule has 0 saturated carbocycles. The number of carboxylic acid groups (broad SMARTS) is 1. The van der Waals surface area contributed by atoms with Crippen molar-refractivity contribution in [1.82, 2.24) is 0 Å². The summed E-state index contributed by atoms with van der Waals surface area (Å²) in [6.07, 6.45) is -0.588. The van der Waals surface area contributed by atoms with E-state index in [1.165, 1.54) is 0 Å². The molecular weight excluding hydrogens is 178 g/mol. The molecule has 0 amide bonds. The van der Waals surface area contributed by atoms with Crippen molar-refractivity contribution in [2.24, 2.45) is 5.73 Å². The summed E-state index contributed by atoms with van der Waals surface area (Å²) in [5, 5.41) is 8.23. The minimum atomic E-state index is -1.37. The molecule has 74 valence electrons. The second-order valence-corrected chi connectivity index (χ2v) is 2.36. The van der Waals surface area contributed by atoms with Crippen LogP contribution in [0.3, 0.4) is 0 Å². The topological polar surface area (TPSA) is 107 Å². The molecule has 0 aliphatic heterocycles. The van der Waals surface area contributed by atoms with Crippen LogP contribution >= 0.6 is 0 Å². The smallest absolute Gasteiger partial charge is 0.330 e. The first-order valence-corrected chi connectivity index (χ1v) is 3.57. The highest BCUT2D eigenvalue weighted by molar-refractivity contribution is 6.03. The van der Waals surface area contributed by atoms with Crippen molar-refractivity contribution in [3.63, 3.8) is 0 Å². The third kappa shape index (κ3) is 4.22.